The molecule has 0 heterocycles. The number of esters is 2. The molecular weight excluding hydrogens is 657 g/mol. The zero-order chi connectivity index (χ0) is 35.8. The van der Waals surface area contributed by atoms with Crippen molar-refractivity contribution in [3.63, 3.8) is 0 Å². The van der Waals surface area contributed by atoms with Gasteiger partial charge in [0.1, 0.15) is 40.3 Å². The van der Waals surface area contributed by atoms with E-state index in [0.717, 1.165) is 7.11 Å². The molecule has 0 aliphatic rings. The number of fused-ring (bicyclic) bond motifs is 2. The molecule has 0 saturated heterocycles. The van der Waals surface area contributed by atoms with Crippen LogP contribution in [0.1, 0.15) is 51.3 Å². The van der Waals surface area contributed by atoms with E-state index in [1.807, 2.05) is 18.2 Å². The van der Waals surface area contributed by atoms with Crippen molar-refractivity contribution in [2.45, 2.75) is 19.4 Å². The van der Waals surface area contributed by atoms with E-state index in [4.69, 9.17) is 18.9 Å². The van der Waals surface area contributed by atoms with Gasteiger partial charge in [-0.3, -0.25) is 0 Å². The van der Waals surface area contributed by atoms with Gasteiger partial charge in [0.25, 0.3) is 0 Å². The fraction of sp³-hybridized carbons (Fsp3) is 0.212. The molecule has 4 aromatic rings. The number of halogens is 3. The predicted octanol–water partition coefficient (Wildman–Crippen LogP) is 6.66. The van der Waals surface area contributed by atoms with Crippen molar-refractivity contribution in [3.8, 4) is 29.4 Å². The summed E-state index contributed by atoms with van der Waals surface area (Å²) in [7, 11) is -3.53. The van der Waals surface area contributed by atoms with Crippen molar-refractivity contribution in [2.24, 2.45) is 0 Å². The summed E-state index contributed by atoms with van der Waals surface area (Å²) < 4.78 is 85.9. The summed E-state index contributed by atoms with van der Waals surface area (Å²) in [6.07, 6.45) is 1.49. The van der Waals surface area contributed by atoms with E-state index < -0.39 is 44.4 Å². The Kier molecular flexibility index (Phi) is 11.6. The molecule has 4 rings (SSSR count). The van der Waals surface area contributed by atoms with E-state index >= 15 is 0 Å². The van der Waals surface area contributed by atoms with E-state index in [0.29, 0.717) is 27.6 Å². The Labute approximate surface area is 273 Å². The van der Waals surface area contributed by atoms with Gasteiger partial charge in [-0.05, 0) is 13.8 Å². The number of nitrogens with zero attached hydrogens (tertiary/aromatic N) is 2. The number of methoxy groups -OCH3 is 2. The molecule has 0 spiro atoms. The van der Waals surface area contributed by atoms with Gasteiger partial charge in [0.15, 0.2) is 5.75 Å². The van der Waals surface area contributed by atoms with Gasteiger partial charge in [-0.2, -0.15) is 32.1 Å². The highest BCUT2D eigenvalue weighted by atomic mass is 32.2. The molecule has 0 bridgehead atoms. The molecule has 0 amide bonds. The quantitative estimate of drug-likeness (QED) is 0.105. The van der Waals surface area contributed by atoms with Crippen LogP contribution in [0.25, 0.3) is 27.6 Å². The van der Waals surface area contributed by atoms with Crippen LogP contribution < -0.4 is 13.7 Å². The third-order valence-electron chi connectivity index (χ3n) is 6.60. The van der Waals surface area contributed by atoms with Crippen LogP contribution in [-0.4, -0.2) is 53.3 Å². The summed E-state index contributed by atoms with van der Waals surface area (Å²) in [5.41, 5.74) is -6.02. The normalized spacial score (nSPS) is 10.9. The van der Waals surface area contributed by atoms with Crippen LogP contribution in [0.2, 0.25) is 0 Å². The van der Waals surface area contributed by atoms with E-state index in [1.54, 1.807) is 13.0 Å². The number of nitriles is 2. The molecule has 0 aliphatic carbocycles. The fourth-order valence-electron chi connectivity index (χ4n) is 4.72. The van der Waals surface area contributed by atoms with Crippen LogP contribution in [0, 0.1) is 22.7 Å². The highest BCUT2D eigenvalue weighted by molar-refractivity contribution is 7.88. The van der Waals surface area contributed by atoms with Gasteiger partial charge >= 0.3 is 27.6 Å². The predicted molar refractivity (Wildman–Crippen MR) is 168 cm³/mol. The smallest absolute Gasteiger partial charge is 0.495 e. The zero-order valence-electron chi connectivity index (χ0n) is 25.9. The highest BCUT2D eigenvalue weighted by Crippen LogP contribution is 2.43. The average Bonchev–Trinajstić information content (AvgIpc) is 3.06. The Bertz CT molecular complexity index is 2100. The monoisotopic (exact) mass is 684 g/mol. The maximum Gasteiger partial charge on any atom is 0.534 e. The van der Waals surface area contributed by atoms with Crippen LogP contribution in [0.4, 0.5) is 13.2 Å². The van der Waals surface area contributed by atoms with Gasteiger partial charge in [-0.1, -0.05) is 61.2 Å². The van der Waals surface area contributed by atoms with E-state index in [9.17, 15) is 41.7 Å². The van der Waals surface area contributed by atoms with Gasteiger partial charge in [-0.25, -0.2) is 9.59 Å². The van der Waals surface area contributed by atoms with Gasteiger partial charge in [0.05, 0.1) is 33.0 Å². The Balaban J connectivity index is 0.000000269. The van der Waals surface area contributed by atoms with E-state index in [-0.39, 0.29) is 35.3 Å². The summed E-state index contributed by atoms with van der Waals surface area (Å²) in [5, 5.41) is 20.4. The number of hydrogen-bond acceptors (Lipinski definition) is 11. The molecule has 48 heavy (non-hydrogen) atoms. The number of hydrogen-bond donors (Lipinski definition) is 0. The summed E-state index contributed by atoms with van der Waals surface area (Å²) in [6.45, 7) is 7.01. The molecular formula is C33H27F3N2O9S. The molecule has 0 radical (unpaired) electrons. The lowest BCUT2D eigenvalue weighted by Crippen LogP contribution is -2.29. The standard InChI is InChI=1S/C17H15NO3.C16H12F3NO6S/c1-4-11-14(10-18)16(20-3)13-9-7-6-8-12(13)15(11)17(19)21-5-2;1-3-25-15(21)12-9-6-4-5-7-10(9)13(24-2)11(8-20)14(12)26-27(22,23)16(17,18)19/h4,6-9H,1,5H2,2-3H3;4-7H,3H2,1-2H3. The maximum atomic E-state index is 12.8. The summed E-state index contributed by atoms with van der Waals surface area (Å²) >= 11 is 0. The lowest BCUT2D eigenvalue weighted by molar-refractivity contribution is -0.0500. The first-order valence-corrected chi connectivity index (χ1v) is 15.2. The third kappa shape index (κ3) is 6.96. The Morgan fingerprint density at radius 1 is 0.771 bits per heavy atom. The number of carbonyl (C=O) groups excluding carboxylic acids is 2. The molecule has 0 unspecified atom stereocenters. The number of benzene rings is 4. The molecule has 0 aromatic heterocycles. The topological polar surface area (TPSA) is 162 Å². The van der Waals surface area contributed by atoms with Crippen LogP contribution in [0.3, 0.4) is 0 Å². The Morgan fingerprint density at radius 3 is 1.58 bits per heavy atom. The number of ether oxygens (including phenoxy) is 4. The highest BCUT2D eigenvalue weighted by Gasteiger charge is 2.49. The second-order valence-corrected chi connectivity index (χ2v) is 10.8. The average molecular weight is 685 g/mol. The first-order chi connectivity index (χ1) is 22.8. The minimum absolute atomic E-state index is 0.000764. The minimum Gasteiger partial charge on any atom is -0.495 e. The molecule has 15 heteroatoms. The molecule has 0 aliphatic heterocycles. The van der Waals surface area contributed by atoms with Gasteiger partial charge < -0.3 is 23.1 Å². The van der Waals surface area contributed by atoms with Crippen LogP contribution in [0.15, 0.2) is 55.1 Å². The van der Waals surface area contributed by atoms with E-state index in [1.165, 1.54) is 50.4 Å². The number of rotatable bonds is 9. The third-order valence-corrected chi connectivity index (χ3v) is 7.55. The van der Waals surface area contributed by atoms with Gasteiger partial charge in [-0.15, -0.1) is 0 Å². The lowest BCUT2D eigenvalue weighted by atomic mass is 9.93. The molecule has 11 nitrogen and oxygen atoms in total. The number of carbonyl (C=O) groups is 2. The Hall–Kier alpha value is -5.80. The zero-order valence-corrected chi connectivity index (χ0v) is 26.7. The fourth-order valence-corrected chi connectivity index (χ4v) is 5.20. The van der Waals surface area contributed by atoms with Crippen molar-refractivity contribution in [1.82, 2.24) is 0 Å². The van der Waals surface area contributed by atoms with Crippen molar-refractivity contribution in [2.75, 3.05) is 27.4 Å². The second kappa shape index (κ2) is 15.2. The van der Waals surface area contributed by atoms with Gasteiger partial charge in [0.2, 0.25) is 0 Å². The second-order valence-electron chi connectivity index (χ2n) is 9.25. The first-order valence-electron chi connectivity index (χ1n) is 13.8. The maximum absolute atomic E-state index is 12.8. The molecule has 0 N–H and O–H groups in total. The molecule has 4 aromatic carbocycles. The van der Waals surface area contributed by atoms with Crippen molar-refractivity contribution in [1.29, 1.82) is 10.5 Å². The molecule has 250 valence electrons. The summed E-state index contributed by atoms with van der Waals surface area (Å²) in [4.78, 5) is 24.6. The molecule has 0 fully saturated rings. The van der Waals surface area contributed by atoms with Crippen LogP contribution in [0.5, 0.6) is 17.2 Å². The van der Waals surface area contributed by atoms with Crippen molar-refractivity contribution < 1.29 is 54.3 Å². The van der Waals surface area contributed by atoms with Gasteiger partial charge in [0, 0.05) is 27.1 Å². The SMILES string of the molecule is C=Cc1c(C#N)c(OC)c2ccccc2c1C(=O)OCC.CCOC(=O)c1c(OS(=O)(=O)C(F)(F)F)c(C#N)c(OC)c2ccccc12. The minimum atomic E-state index is -6.16. The van der Waals surface area contributed by atoms with E-state index in [2.05, 4.69) is 16.8 Å². The van der Waals surface area contributed by atoms with Crippen LogP contribution in [-0.2, 0) is 19.6 Å². The molecule has 0 saturated carbocycles. The molecule has 0 atom stereocenters. The lowest BCUT2D eigenvalue weighted by Gasteiger charge is -2.18. The van der Waals surface area contributed by atoms with Crippen LogP contribution >= 0.6 is 0 Å². The summed E-state index contributed by atoms with van der Waals surface area (Å²) in [6, 6.07) is 16.7. The largest absolute Gasteiger partial charge is 0.534 e. The Morgan fingerprint density at radius 2 is 1.19 bits per heavy atom. The number of alkyl halides is 3. The first kappa shape index (κ1) is 36.7. The van der Waals surface area contributed by atoms with Crippen molar-refractivity contribution >= 4 is 49.7 Å². The van der Waals surface area contributed by atoms with Crippen molar-refractivity contribution in [3.05, 3.63) is 82.9 Å². The summed E-state index contributed by atoms with van der Waals surface area (Å²) in [5.74, 6) is -2.53.